The van der Waals surface area contributed by atoms with E-state index in [9.17, 15) is 9.90 Å². The first-order chi connectivity index (χ1) is 14.9. The Kier molecular flexibility index (Phi) is 7.53. The van der Waals surface area contributed by atoms with Gasteiger partial charge >= 0.3 is 5.97 Å². The van der Waals surface area contributed by atoms with Crippen LogP contribution in [-0.2, 0) is 9.53 Å². The van der Waals surface area contributed by atoms with Gasteiger partial charge in [-0.3, -0.25) is 4.79 Å². The van der Waals surface area contributed by atoms with E-state index in [-0.39, 0.29) is 12.3 Å². The SMILES string of the molecule is CC(C)CN(c1ccc(C(C)CC(=O)O)cc1Nc1ncc(C#N)[nH]1)C1CCOCC1. The summed E-state index contributed by atoms with van der Waals surface area (Å²) in [5.41, 5.74) is 3.21. The van der Waals surface area contributed by atoms with Gasteiger partial charge in [0.05, 0.1) is 24.0 Å². The molecule has 1 fully saturated rings. The largest absolute Gasteiger partial charge is 0.481 e. The Morgan fingerprint density at radius 3 is 2.74 bits per heavy atom. The molecule has 0 amide bonds. The number of nitrogens with zero attached hydrogens (tertiary/aromatic N) is 3. The van der Waals surface area contributed by atoms with Gasteiger partial charge in [0.1, 0.15) is 11.8 Å². The highest BCUT2D eigenvalue weighted by Gasteiger charge is 2.25. The number of H-pyrrole nitrogens is 1. The molecule has 2 heterocycles. The molecule has 31 heavy (non-hydrogen) atoms. The molecule has 0 radical (unpaired) electrons. The summed E-state index contributed by atoms with van der Waals surface area (Å²) >= 11 is 0. The molecule has 2 aromatic rings. The van der Waals surface area contributed by atoms with Crippen LogP contribution in [0.5, 0.6) is 0 Å². The van der Waals surface area contributed by atoms with Gasteiger partial charge in [-0.15, -0.1) is 0 Å². The third-order valence-electron chi connectivity index (χ3n) is 5.52. The lowest BCUT2D eigenvalue weighted by Crippen LogP contribution is -2.42. The lowest BCUT2D eigenvalue weighted by molar-refractivity contribution is -0.137. The van der Waals surface area contributed by atoms with E-state index in [0.717, 1.165) is 49.5 Å². The van der Waals surface area contributed by atoms with Crippen LogP contribution in [0.2, 0.25) is 0 Å². The number of nitriles is 1. The van der Waals surface area contributed by atoms with Crippen LogP contribution in [0.3, 0.4) is 0 Å². The molecule has 166 valence electrons. The number of carboxylic acid groups (broad SMARTS) is 1. The van der Waals surface area contributed by atoms with Crippen LogP contribution in [0.25, 0.3) is 0 Å². The molecule has 1 unspecified atom stereocenters. The fraction of sp³-hybridized carbons (Fsp3) is 0.522. The number of aliphatic carboxylic acids is 1. The second-order valence-electron chi connectivity index (χ2n) is 8.55. The van der Waals surface area contributed by atoms with Gasteiger partial charge in [-0.25, -0.2) is 4.98 Å². The smallest absolute Gasteiger partial charge is 0.303 e. The van der Waals surface area contributed by atoms with Gasteiger partial charge in [0.15, 0.2) is 0 Å². The van der Waals surface area contributed by atoms with E-state index >= 15 is 0 Å². The summed E-state index contributed by atoms with van der Waals surface area (Å²) in [5, 5.41) is 21.6. The topological polar surface area (TPSA) is 114 Å². The van der Waals surface area contributed by atoms with Crippen LogP contribution in [0.4, 0.5) is 17.3 Å². The standard InChI is InChI=1S/C23H31N5O3/c1-15(2)14-28(19-6-8-31-9-7-19)21-5-4-17(16(3)10-22(29)30)11-20(21)27-23-25-13-18(12-24)26-23/h4-5,11,13,15-16,19H,6-10,14H2,1-3H3,(H,29,30)(H2,25,26,27). The number of benzene rings is 1. The predicted molar refractivity (Wildman–Crippen MR) is 120 cm³/mol. The Balaban J connectivity index is 2.00. The van der Waals surface area contributed by atoms with Crippen molar-refractivity contribution in [1.82, 2.24) is 9.97 Å². The van der Waals surface area contributed by atoms with Gasteiger partial charge in [0, 0.05) is 25.8 Å². The number of nitrogens with one attached hydrogen (secondary N) is 2. The number of carboxylic acids is 1. The first-order valence-corrected chi connectivity index (χ1v) is 10.8. The number of rotatable bonds is 9. The number of hydrogen-bond donors (Lipinski definition) is 3. The van der Waals surface area contributed by atoms with E-state index in [1.807, 2.05) is 19.1 Å². The molecule has 0 bridgehead atoms. The number of aromatic nitrogens is 2. The molecule has 0 saturated carbocycles. The zero-order valence-electron chi connectivity index (χ0n) is 18.4. The number of anilines is 3. The summed E-state index contributed by atoms with van der Waals surface area (Å²) in [4.78, 5) is 20.9. The van der Waals surface area contributed by atoms with Crippen LogP contribution in [0.15, 0.2) is 24.4 Å². The van der Waals surface area contributed by atoms with Crippen LogP contribution in [-0.4, -0.2) is 46.8 Å². The third kappa shape index (κ3) is 5.98. The van der Waals surface area contributed by atoms with E-state index in [4.69, 9.17) is 10.00 Å². The molecule has 1 saturated heterocycles. The van der Waals surface area contributed by atoms with Crippen molar-refractivity contribution in [1.29, 1.82) is 5.26 Å². The van der Waals surface area contributed by atoms with Crippen molar-refractivity contribution in [2.45, 2.75) is 52.0 Å². The molecule has 1 atom stereocenters. The van der Waals surface area contributed by atoms with Gasteiger partial charge < -0.3 is 25.0 Å². The van der Waals surface area contributed by atoms with Crippen LogP contribution in [0.1, 0.15) is 57.2 Å². The lowest BCUT2D eigenvalue weighted by atomic mass is 9.95. The molecule has 0 aliphatic carbocycles. The number of ether oxygens (including phenoxy) is 1. The number of imidazole rings is 1. The Labute approximate surface area is 183 Å². The summed E-state index contributed by atoms with van der Waals surface area (Å²) in [5.74, 6) is 0.00634. The molecular weight excluding hydrogens is 394 g/mol. The monoisotopic (exact) mass is 425 g/mol. The molecule has 1 aliphatic rings. The van der Waals surface area contributed by atoms with E-state index in [2.05, 4.69) is 46.2 Å². The highest BCUT2D eigenvalue weighted by Crippen LogP contribution is 2.35. The first kappa shape index (κ1) is 22.6. The van der Waals surface area contributed by atoms with Gasteiger partial charge in [-0.2, -0.15) is 5.26 Å². The van der Waals surface area contributed by atoms with Crippen LogP contribution < -0.4 is 10.2 Å². The van der Waals surface area contributed by atoms with Crippen molar-refractivity contribution >= 4 is 23.3 Å². The maximum atomic E-state index is 11.2. The van der Waals surface area contributed by atoms with Crippen molar-refractivity contribution in [2.75, 3.05) is 30.0 Å². The normalized spacial score (nSPS) is 15.5. The zero-order chi connectivity index (χ0) is 22.4. The Hall–Kier alpha value is -3.05. The van der Waals surface area contributed by atoms with E-state index in [0.29, 0.717) is 23.6 Å². The minimum Gasteiger partial charge on any atom is -0.481 e. The first-order valence-electron chi connectivity index (χ1n) is 10.8. The fourth-order valence-corrected chi connectivity index (χ4v) is 3.99. The fourth-order valence-electron chi connectivity index (χ4n) is 3.99. The van der Waals surface area contributed by atoms with E-state index in [1.54, 1.807) is 0 Å². The quantitative estimate of drug-likeness (QED) is 0.550. The van der Waals surface area contributed by atoms with Crippen LogP contribution >= 0.6 is 0 Å². The third-order valence-corrected chi connectivity index (χ3v) is 5.52. The van der Waals surface area contributed by atoms with Gasteiger partial charge in [-0.05, 0) is 42.4 Å². The molecular formula is C23H31N5O3. The molecule has 8 nitrogen and oxygen atoms in total. The minimum atomic E-state index is -0.820. The number of carbonyl (C=O) groups is 1. The molecule has 3 rings (SSSR count). The second kappa shape index (κ2) is 10.3. The van der Waals surface area contributed by atoms with Crippen molar-refractivity contribution < 1.29 is 14.6 Å². The molecule has 1 aliphatic heterocycles. The van der Waals surface area contributed by atoms with Crippen molar-refractivity contribution in [2.24, 2.45) is 5.92 Å². The Morgan fingerprint density at radius 2 is 2.13 bits per heavy atom. The molecule has 0 spiro atoms. The number of hydrogen-bond acceptors (Lipinski definition) is 6. The summed E-state index contributed by atoms with van der Waals surface area (Å²) in [6.45, 7) is 8.71. The highest BCUT2D eigenvalue weighted by atomic mass is 16.5. The van der Waals surface area contributed by atoms with Crippen LogP contribution in [0, 0.1) is 17.2 Å². The van der Waals surface area contributed by atoms with E-state index in [1.165, 1.54) is 6.20 Å². The second-order valence-corrected chi connectivity index (χ2v) is 8.55. The van der Waals surface area contributed by atoms with Crippen molar-refractivity contribution in [3.63, 3.8) is 0 Å². The summed E-state index contributed by atoms with van der Waals surface area (Å²) in [6.07, 6.45) is 3.47. The Morgan fingerprint density at radius 1 is 1.39 bits per heavy atom. The van der Waals surface area contributed by atoms with Gasteiger partial charge in [0.2, 0.25) is 5.95 Å². The molecule has 8 heteroatoms. The summed E-state index contributed by atoms with van der Waals surface area (Å²) < 4.78 is 5.58. The molecule has 3 N–H and O–H groups in total. The predicted octanol–water partition coefficient (Wildman–Crippen LogP) is 4.24. The number of aromatic amines is 1. The maximum Gasteiger partial charge on any atom is 0.303 e. The minimum absolute atomic E-state index is 0.0633. The molecule has 1 aromatic carbocycles. The van der Waals surface area contributed by atoms with E-state index < -0.39 is 5.97 Å². The lowest BCUT2D eigenvalue weighted by Gasteiger charge is -2.38. The molecule has 1 aromatic heterocycles. The average Bonchev–Trinajstić information content (AvgIpc) is 3.20. The summed E-state index contributed by atoms with van der Waals surface area (Å²) in [6, 6.07) is 8.51. The maximum absolute atomic E-state index is 11.2. The summed E-state index contributed by atoms with van der Waals surface area (Å²) in [7, 11) is 0. The zero-order valence-corrected chi connectivity index (χ0v) is 18.4. The van der Waals surface area contributed by atoms with Gasteiger partial charge in [-0.1, -0.05) is 26.8 Å². The average molecular weight is 426 g/mol. The van der Waals surface area contributed by atoms with Crippen molar-refractivity contribution in [3.8, 4) is 6.07 Å². The Bertz CT molecular complexity index is 928. The van der Waals surface area contributed by atoms with Crippen molar-refractivity contribution in [3.05, 3.63) is 35.7 Å². The highest BCUT2D eigenvalue weighted by molar-refractivity contribution is 5.76. The van der Waals surface area contributed by atoms with Gasteiger partial charge in [0.25, 0.3) is 0 Å².